The fraction of sp³-hybridized carbons (Fsp3) is 0.375. The predicted octanol–water partition coefficient (Wildman–Crippen LogP) is 1.99. The molecule has 2 aromatic heterocycles. The first-order valence-electron chi connectivity index (χ1n) is 7.59. The molecule has 0 aromatic carbocycles. The molecule has 1 fully saturated rings. The Morgan fingerprint density at radius 1 is 1.39 bits per heavy atom. The van der Waals surface area contributed by atoms with E-state index in [0.717, 1.165) is 36.9 Å². The van der Waals surface area contributed by atoms with Crippen molar-refractivity contribution in [3.8, 4) is 0 Å². The topological polar surface area (TPSA) is 71.0 Å². The van der Waals surface area contributed by atoms with Crippen molar-refractivity contribution in [1.82, 2.24) is 20.3 Å². The minimum atomic E-state index is -0.0718. The van der Waals surface area contributed by atoms with Crippen LogP contribution in [0.1, 0.15) is 23.2 Å². The summed E-state index contributed by atoms with van der Waals surface area (Å²) in [5, 5.41) is 3.86. The maximum Gasteiger partial charge on any atom is 0.253 e. The van der Waals surface area contributed by atoms with E-state index in [2.05, 4.69) is 25.2 Å². The first-order valence-corrected chi connectivity index (χ1v) is 8.81. The van der Waals surface area contributed by atoms with Crippen molar-refractivity contribution >= 4 is 23.5 Å². The number of carbonyl (C=O) groups is 1. The molecule has 0 bridgehead atoms. The van der Waals surface area contributed by atoms with Crippen LogP contribution in [0.5, 0.6) is 0 Å². The maximum absolute atomic E-state index is 12.3. The highest BCUT2D eigenvalue weighted by molar-refractivity contribution is 7.98. The van der Waals surface area contributed by atoms with Crippen LogP contribution in [0, 0.1) is 0 Å². The number of carbonyl (C=O) groups excluding carboxylic acids is 1. The Hall–Kier alpha value is -2.15. The number of thioether (sulfide) groups is 1. The first-order chi connectivity index (χ1) is 11.3. The smallest absolute Gasteiger partial charge is 0.253 e. The highest BCUT2D eigenvalue weighted by atomic mass is 32.2. The number of hydrogen-bond donors (Lipinski definition) is 1. The third-order valence-corrected chi connectivity index (χ3v) is 4.37. The van der Waals surface area contributed by atoms with Gasteiger partial charge in [-0.05, 0) is 37.3 Å². The summed E-state index contributed by atoms with van der Waals surface area (Å²) in [5.74, 6) is 0.849. The lowest BCUT2D eigenvalue weighted by Gasteiger charge is -2.34. The SMILES string of the molecule is CSc1nccc(N2CCCC(NC(=O)c3cccnc3)C2)n1. The molecule has 3 heterocycles. The van der Waals surface area contributed by atoms with E-state index in [1.807, 2.05) is 12.3 Å². The van der Waals surface area contributed by atoms with Crippen LogP contribution in [0.25, 0.3) is 0 Å². The van der Waals surface area contributed by atoms with Gasteiger partial charge in [0.2, 0.25) is 0 Å². The van der Waals surface area contributed by atoms with Gasteiger partial charge in [-0.3, -0.25) is 9.78 Å². The zero-order valence-corrected chi connectivity index (χ0v) is 13.8. The molecular weight excluding hydrogens is 310 g/mol. The predicted molar refractivity (Wildman–Crippen MR) is 90.8 cm³/mol. The van der Waals surface area contributed by atoms with Crippen LogP contribution in [0.2, 0.25) is 0 Å². The number of anilines is 1. The van der Waals surface area contributed by atoms with E-state index in [4.69, 9.17) is 0 Å². The van der Waals surface area contributed by atoms with Gasteiger partial charge < -0.3 is 10.2 Å². The highest BCUT2D eigenvalue weighted by Crippen LogP contribution is 2.20. The zero-order valence-electron chi connectivity index (χ0n) is 13.0. The molecule has 1 atom stereocenters. The molecule has 0 radical (unpaired) electrons. The second-order valence-corrected chi connectivity index (χ2v) is 6.18. The lowest BCUT2D eigenvalue weighted by atomic mass is 10.1. The van der Waals surface area contributed by atoms with E-state index in [1.165, 1.54) is 11.8 Å². The number of hydrogen-bond acceptors (Lipinski definition) is 6. The van der Waals surface area contributed by atoms with Gasteiger partial charge in [0.05, 0.1) is 5.56 Å². The Morgan fingerprint density at radius 3 is 3.09 bits per heavy atom. The van der Waals surface area contributed by atoms with Gasteiger partial charge in [-0.2, -0.15) is 0 Å². The van der Waals surface area contributed by atoms with Gasteiger partial charge in [0.25, 0.3) is 5.91 Å². The van der Waals surface area contributed by atoms with E-state index in [1.54, 1.807) is 30.7 Å². The van der Waals surface area contributed by atoms with Crippen molar-refractivity contribution in [3.05, 3.63) is 42.4 Å². The Morgan fingerprint density at radius 2 is 2.30 bits per heavy atom. The lowest BCUT2D eigenvalue weighted by Crippen LogP contribution is -2.48. The number of amides is 1. The highest BCUT2D eigenvalue weighted by Gasteiger charge is 2.23. The largest absolute Gasteiger partial charge is 0.354 e. The molecule has 1 aliphatic heterocycles. The van der Waals surface area contributed by atoms with Crippen molar-refractivity contribution in [1.29, 1.82) is 0 Å². The lowest BCUT2D eigenvalue weighted by molar-refractivity contribution is 0.0932. The van der Waals surface area contributed by atoms with Gasteiger partial charge in [0.1, 0.15) is 5.82 Å². The summed E-state index contributed by atoms with van der Waals surface area (Å²) >= 11 is 1.53. The quantitative estimate of drug-likeness (QED) is 0.683. The summed E-state index contributed by atoms with van der Waals surface area (Å²) in [5.41, 5.74) is 0.594. The summed E-state index contributed by atoms with van der Waals surface area (Å²) in [4.78, 5) is 27.2. The van der Waals surface area contributed by atoms with Crippen LogP contribution in [0.15, 0.2) is 41.9 Å². The molecule has 120 valence electrons. The molecule has 1 amide bonds. The summed E-state index contributed by atoms with van der Waals surface area (Å²) in [7, 11) is 0. The fourth-order valence-corrected chi connectivity index (χ4v) is 3.03. The van der Waals surface area contributed by atoms with Gasteiger partial charge in [-0.25, -0.2) is 9.97 Å². The number of nitrogens with zero attached hydrogens (tertiary/aromatic N) is 4. The molecule has 3 rings (SSSR count). The van der Waals surface area contributed by atoms with Crippen molar-refractivity contribution in [2.75, 3.05) is 24.2 Å². The molecule has 1 saturated heterocycles. The second kappa shape index (κ2) is 7.41. The molecule has 0 saturated carbocycles. The Kier molecular flexibility index (Phi) is 5.07. The van der Waals surface area contributed by atoms with Crippen molar-refractivity contribution in [2.24, 2.45) is 0 Å². The van der Waals surface area contributed by atoms with Crippen LogP contribution in [-0.4, -0.2) is 46.2 Å². The van der Waals surface area contributed by atoms with Crippen LogP contribution >= 0.6 is 11.8 Å². The summed E-state index contributed by atoms with van der Waals surface area (Å²) in [6.07, 6.45) is 9.00. The van der Waals surface area contributed by atoms with Crippen LogP contribution in [0.4, 0.5) is 5.82 Å². The maximum atomic E-state index is 12.3. The Bertz CT molecular complexity index is 667. The molecule has 1 unspecified atom stereocenters. The number of nitrogens with one attached hydrogen (secondary N) is 1. The van der Waals surface area contributed by atoms with Gasteiger partial charge in [0, 0.05) is 37.7 Å². The summed E-state index contributed by atoms with van der Waals surface area (Å²) in [6.45, 7) is 1.71. The summed E-state index contributed by atoms with van der Waals surface area (Å²) < 4.78 is 0. The van der Waals surface area contributed by atoms with Gasteiger partial charge >= 0.3 is 0 Å². The van der Waals surface area contributed by atoms with Crippen LogP contribution in [-0.2, 0) is 0 Å². The van der Waals surface area contributed by atoms with Crippen molar-refractivity contribution in [2.45, 2.75) is 24.0 Å². The number of rotatable bonds is 4. The number of aromatic nitrogens is 3. The molecule has 0 aliphatic carbocycles. The van der Waals surface area contributed by atoms with E-state index in [-0.39, 0.29) is 11.9 Å². The molecule has 2 aromatic rings. The standard InChI is InChI=1S/C16H19N5OS/c1-23-16-18-8-6-14(20-16)21-9-3-5-13(11-21)19-15(22)12-4-2-7-17-10-12/h2,4,6-8,10,13H,3,5,9,11H2,1H3,(H,19,22). The Balaban J connectivity index is 1.65. The molecular formula is C16H19N5OS. The third kappa shape index (κ3) is 3.98. The third-order valence-electron chi connectivity index (χ3n) is 3.81. The minimum absolute atomic E-state index is 0.0718. The van der Waals surface area contributed by atoms with Crippen molar-refractivity contribution in [3.63, 3.8) is 0 Å². The zero-order chi connectivity index (χ0) is 16.1. The first kappa shape index (κ1) is 15.7. The molecule has 1 N–H and O–H groups in total. The normalized spacial score (nSPS) is 17.8. The molecule has 6 nitrogen and oxygen atoms in total. The Labute approximate surface area is 139 Å². The number of piperidine rings is 1. The second-order valence-electron chi connectivity index (χ2n) is 5.40. The summed E-state index contributed by atoms with van der Waals surface area (Å²) in [6, 6.07) is 5.58. The van der Waals surface area contributed by atoms with Gasteiger partial charge in [0.15, 0.2) is 5.16 Å². The van der Waals surface area contributed by atoms with Gasteiger partial charge in [-0.15, -0.1) is 0 Å². The van der Waals surface area contributed by atoms with Crippen LogP contribution in [0.3, 0.4) is 0 Å². The minimum Gasteiger partial charge on any atom is -0.354 e. The van der Waals surface area contributed by atoms with E-state index < -0.39 is 0 Å². The van der Waals surface area contributed by atoms with Gasteiger partial charge in [-0.1, -0.05) is 11.8 Å². The van der Waals surface area contributed by atoms with E-state index >= 15 is 0 Å². The average Bonchev–Trinajstić information content (AvgIpc) is 2.63. The van der Waals surface area contributed by atoms with E-state index in [0.29, 0.717) is 5.56 Å². The fourth-order valence-electron chi connectivity index (χ4n) is 2.68. The molecule has 1 aliphatic rings. The van der Waals surface area contributed by atoms with Crippen LogP contribution < -0.4 is 10.2 Å². The molecule has 0 spiro atoms. The average molecular weight is 329 g/mol. The van der Waals surface area contributed by atoms with E-state index in [9.17, 15) is 4.79 Å². The molecule has 7 heteroatoms. The monoisotopic (exact) mass is 329 g/mol. The molecule has 23 heavy (non-hydrogen) atoms. The number of pyridine rings is 1. The van der Waals surface area contributed by atoms with Crippen molar-refractivity contribution < 1.29 is 4.79 Å².